The van der Waals surface area contributed by atoms with Crippen molar-refractivity contribution >= 4 is 52.0 Å². The van der Waals surface area contributed by atoms with Gasteiger partial charge in [0.05, 0.1) is 0 Å². The first kappa shape index (κ1) is 17.8. The van der Waals surface area contributed by atoms with Gasteiger partial charge >= 0.3 is 0 Å². The van der Waals surface area contributed by atoms with E-state index in [1.54, 1.807) is 24.0 Å². The standard InChI is InChI=1S/C19H15IN2O2S/c20-18-9-5-16(24-18)6-10-19(23)22-15-3-7-17(8-4-15)25-13-14-2-1-11-21-12-14/h1-12H,13H2,(H,22,23)/b10-6+. The van der Waals surface area contributed by atoms with Crippen molar-refractivity contribution in [2.75, 3.05) is 5.32 Å². The number of anilines is 1. The minimum absolute atomic E-state index is 0.192. The maximum absolute atomic E-state index is 11.9. The number of nitrogens with one attached hydrogen (secondary N) is 1. The van der Waals surface area contributed by atoms with Crippen LogP contribution >= 0.6 is 34.4 Å². The van der Waals surface area contributed by atoms with Crippen molar-refractivity contribution in [3.63, 3.8) is 0 Å². The van der Waals surface area contributed by atoms with Gasteiger partial charge in [0.1, 0.15) is 5.76 Å². The first-order valence-electron chi connectivity index (χ1n) is 7.55. The highest BCUT2D eigenvalue weighted by Crippen LogP contribution is 2.24. The number of benzene rings is 1. The molecule has 6 heteroatoms. The average molecular weight is 462 g/mol. The Labute approximate surface area is 163 Å². The van der Waals surface area contributed by atoms with Crippen molar-refractivity contribution in [3.8, 4) is 0 Å². The van der Waals surface area contributed by atoms with E-state index in [2.05, 4.69) is 39.0 Å². The smallest absolute Gasteiger partial charge is 0.248 e. The average Bonchev–Trinajstić information content (AvgIpc) is 3.06. The molecule has 25 heavy (non-hydrogen) atoms. The van der Waals surface area contributed by atoms with Gasteiger partial charge in [-0.2, -0.15) is 0 Å². The van der Waals surface area contributed by atoms with Crippen LogP contribution in [0, 0.1) is 3.77 Å². The van der Waals surface area contributed by atoms with Gasteiger partial charge < -0.3 is 9.73 Å². The second-order valence-corrected chi connectivity index (χ2v) is 7.25. The van der Waals surface area contributed by atoms with Crippen LogP contribution in [0.1, 0.15) is 11.3 Å². The maximum Gasteiger partial charge on any atom is 0.248 e. The lowest BCUT2D eigenvalue weighted by atomic mass is 10.3. The third kappa shape index (κ3) is 5.75. The number of furan rings is 1. The minimum atomic E-state index is -0.192. The highest BCUT2D eigenvalue weighted by atomic mass is 127. The molecule has 3 rings (SSSR count). The van der Waals surface area contributed by atoms with Crippen LogP contribution in [0.3, 0.4) is 0 Å². The van der Waals surface area contributed by atoms with Crippen molar-refractivity contribution in [1.29, 1.82) is 0 Å². The molecule has 0 aliphatic heterocycles. The molecule has 126 valence electrons. The minimum Gasteiger partial charge on any atom is -0.451 e. The molecule has 2 heterocycles. The summed E-state index contributed by atoms with van der Waals surface area (Å²) in [5.74, 6) is 1.33. The fourth-order valence-corrected chi connectivity index (χ4v) is 3.31. The Kier molecular flexibility index (Phi) is 6.30. The number of hydrogen-bond donors (Lipinski definition) is 1. The van der Waals surface area contributed by atoms with Gasteiger partial charge in [-0.15, -0.1) is 11.8 Å². The van der Waals surface area contributed by atoms with Crippen LogP contribution in [0.2, 0.25) is 0 Å². The molecule has 4 nitrogen and oxygen atoms in total. The number of hydrogen-bond acceptors (Lipinski definition) is 4. The monoisotopic (exact) mass is 462 g/mol. The molecule has 1 amide bonds. The number of halogens is 1. The van der Waals surface area contributed by atoms with Gasteiger partial charge in [-0.25, -0.2) is 0 Å². The Morgan fingerprint density at radius 1 is 1.20 bits per heavy atom. The number of rotatable bonds is 6. The zero-order valence-electron chi connectivity index (χ0n) is 13.2. The van der Waals surface area contributed by atoms with Gasteiger partial charge in [0.2, 0.25) is 5.91 Å². The summed E-state index contributed by atoms with van der Waals surface area (Å²) < 4.78 is 6.16. The van der Waals surface area contributed by atoms with Crippen LogP contribution in [0.5, 0.6) is 0 Å². The fourth-order valence-electron chi connectivity index (χ4n) is 2.04. The molecule has 0 radical (unpaired) electrons. The summed E-state index contributed by atoms with van der Waals surface area (Å²) in [5, 5.41) is 2.83. The second kappa shape index (κ2) is 8.87. The lowest BCUT2D eigenvalue weighted by Gasteiger charge is -2.05. The van der Waals surface area contributed by atoms with Crippen LogP contribution in [0.4, 0.5) is 5.69 Å². The molecular formula is C19H15IN2O2S. The summed E-state index contributed by atoms with van der Waals surface area (Å²) in [7, 11) is 0. The van der Waals surface area contributed by atoms with Gasteiger partial charge in [-0.1, -0.05) is 6.07 Å². The van der Waals surface area contributed by atoms with E-state index in [-0.39, 0.29) is 5.91 Å². The fraction of sp³-hybridized carbons (Fsp3) is 0.0526. The Morgan fingerprint density at radius 3 is 2.72 bits per heavy atom. The Morgan fingerprint density at radius 2 is 2.04 bits per heavy atom. The van der Waals surface area contributed by atoms with Crippen LogP contribution in [0.25, 0.3) is 6.08 Å². The molecule has 0 aliphatic carbocycles. The molecule has 0 saturated heterocycles. The van der Waals surface area contributed by atoms with Crippen LogP contribution < -0.4 is 5.32 Å². The summed E-state index contributed by atoms with van der Waals surface area (Å²) in [4.78, 5) is 17.2. The SMILES string of the molecule is O=C(/C=C/c1ccc(I)o1)Nc1ccc(SCc2cccnc2)cc1. The van der Waals surface area contributed by atoms with Gasteiger partial charge in [0.25, 0.3) is 0 Å². The number of carbonyl (C=O) groups is 1. The van der Waals surface area contributed by atoms with E-state index in [0.717, 1.165) is 20.1 Å². The zero-order chi connectivity index (χ0) is 17.5. The second-order valence-electron chi connectivity index (χ2n) is 5.14. The number of pyridine rings is 1. The van der Waals surface area contributed by atoms with Crippen LogP contribution in [0.15, 0.2) is 76.3 Å². The predicted molar refractivity (Wildman–Crippen MR) is 109 cm³/mol. The Bertz CT molecular complexity index is 861. The van der Waals surface area contributed by atoms with Crippen molar-refractivity contribution in [1.82, 2.24) is 4.98 Å². The summed E-state index contributed by atoms with van der Waals surface area (Å²) in [6.07, 6.45) is 6.75. The highest BCUT2D eigenvalue weighted by molar-refractivity contribution is 14.1. The number of carbonyl (C=O) groups excluding carboxylic acids is 1. The van der Waals surface area contributed by atoms with Crippen LogP contribution in [-0.4, -0.2) is 10.9 Å². The molecule has 0 atom stereocenters. The third-order valence-electron chi connectivity index (χ3n) is 3.24. The first-order valence-corrected chi connectivity index (χ1v) is 9.62. The predicted octanol–water partition coefficient (Wildman–Crippen LogP) is 5.22. The number of thioether (sulfide) groups is 1. The molecule has 1 aromatic carbocycles. The normalized spacial score (nSPS) is 10.9. The number of amides is 1. The highest BCUT2D eigenvalue weighted by Gasteiger charge is 2.01. The molecular weight excluding hydrogens is 447 g/mol. The molecule has 0 unspecified atom stereocenters. The summed E-state index contributed by atoms with van der Waals surface area (Å²) in [5.41, 5.74) is 1.94. The van der Waals surface area contributed by atoms with E-state index in [1.165, 1.54) is 11.6 Å². The molecule has 0 spiro atoms. The molecule has 0 bridgehead atoms. The lowest BCUT2D eigenvalue weighted by Crippen LogP contribution is -2.07. The van der Waals surface area contributed by atoms with Gasteiger partial charge in [-0.3, -0.25) is 9.78 Å². The van der Waals surface area contributed by atoms with Crippen molar-refractivity contribution in [3.05, 3.63) is 82.1 Å². The number of nitrogens with zero attached hydrogens (tertiary/aromatic N) is 1. The van der Waals surface area contributed by atoms with E-state index >= 15 is 0 Å². The van der Waals surface area contributed by atoms with E-state index in [0.29, 0.717) is 5.76 Å². The quantitative estimate of drug-likeness (QED) is 0.310. The molecule has 0 saturated carbocycles. The molecule has 3 aromatic rings. The summed E-state index contributed by atoms with van der Waals surface area (Å²) >= 11 is 3.81. The summed E-state index contributed by atoms with van der Waals surface area (Å²) in [6.45, 7) is 0. The zero-order valence-corrected chi connectivity index (χ0v) is 16.2. The van der Waals surface area contributed by atoms with E-state index in [4.69, 9.17) is 4.42 Å². The topological polar surface area (TPSA) is 55.1 Å². The first-order chi connectivity index (χ1) is 12.2. The largest absolute Gasteiger partial charge is 0.451 e. The van der Waals surface area contributed by atoms with Gasteiger partial charge in [-0.05, 0) is 76.7 Å². The molecule has 0 aliphatic rings. The summed E-state index contributed by atoms with van der Waals surface area (Å²) in [6, 6.07) is 15.4. The van der Waals surface area contributed by atoms with E-state index in [9.17, 15) is 4.79 Å². The van der Waals surface area contributed by atoms with Crippen molar-refractivity contribution in [2.45, 2.75) is 10.6 Å². The molecule has 0 fully saturated rings. The maximum atomic E-state index is 11.9. The van der Waals surface area contributed by atoms with Gasteiger partial charge in [0, 0.05) is 34.8 Å². The van der Waals surface area contributed by atoms with Crippen LogP contribution in [-0.2, 0) is 10.5 Å². The molecule has 2 aromatic heterocycles. The Hall–Kier alpha value is -2.06. The van der Waals surface area contributed by atoms with Crippen molar-refractivity contribution in [2.24, 2.45) is 0 Å². The van der Waals surface area contributed by atoms with Gasteiger partial charge in [0.15, 0.2) is 3.77 Å². The number of aromatic nitrogens is 1. The molecule has 1 N–H and O–H groups in total. The van der Waals surface area contributed by atoms with Crippen molar-refractivity contribution < 1.29 is 9.21 Å². The third-order valence-corrected chi connectivity index (χ3v) is 4.91. The van der Waals surface area contributed by atoms with E-state index < -0.39 is 0 Å². The lowest BCUT2D eigenvalue weighted by molar-refractivity contribution is -0.111. The van der Waals surface area contributed by atoms with E-state index in [1.807, 2.05) is 48.7 Å². The Balaban J connectivity index is 1.51.